The van der Waals surface area contributed by atoms with Crippen LogP contribution in [0.25, 0.3) is 0 Å². The van der Waals surface area contributed by atoms with Crippen molar-refractivity contribution < 1.29 is 28.8 Å². The number of carboxylic acid groups (broad SMARTS) is 1. The van der Waals surface area contributed by atoms with Crippen LogP contribution in [-0.2, 0) is 4.79 Å². The fourth-order valence-corrected chi connectivity index (χ4v) is 2.64. The molecule has 2 atom stereocenters. The van der Waals surface area contributed by atoms with Gasteiger partial charge in [0.2, 0.25) is 0 Å². The molecular formula is C13H24LiNO2. The second kappa shape index (κ2) is 6.27. The molecular weight excluding hydrogens is 209 g/mol. The first-order valence-corrected chi connectivity index (χ1v) is 6.24. The zero-order valence-corrected chi connectivity index (χ0v) is 11.9. The van der Waals surface area contributed by atoms with Crippen LogP contribution in [0.1, 0.15) is 47.0 Å². The fourth-order valence-electron chi connectivity index (χ4n) is 2.64. The minimum Gasteiger partial charge on any atom is -0.550 e. The van der Waals surface area contributed by atoms with Crippen LogP contribution in [0.15, 0.2) is 0 Å². The van der Waals surface area contributed by atoms with Gasteiger partial charge in [0.1, 0.15) is 0 Å². The van der Waals surface area contributed by atoms with Crippen LogP contribution in [0.4, 0.5) is 0 Å². The molecule has 1 fully saturated rings. The van der Waals surface area contributed by atoms with Gasteiger partial charge in [-0.15, -0.1) is 0 Å². The van der Waals surface area contributed by atoms with E-state index >= 15 is 0 Å². The number of piperidine rings is 1. The molecule has 0 radical (unpaired) electrons. The zero-order valence-electron chi connectivity index (χ0n) is 11.9. The Morgan fingerprint density at radius 1 is 1.47 bits per heavy atom. The molecule has 0 unspecified atom stereocenters. The molecule has 0 aromatic rings. The Hall–Kier alpha value is 0.0274. The Bertz CT molecular complexity index is 259. The number of carbonyl (C=O) groups is 1. The van der Waals surface area contributed by atoms with Gasteiger partial charge in [0.25, 0.3) is 0 Å². The molecule has 0 aromatic heterocycles. The van der Waals surface area contributed by atoms with Gasteiger partial charge in [-0.3, -0.25) is 0 Å². The van der Waals surface area contributed by atoms with Crippen molar-refractivity contribution in [2.75, 3.05) is 13.1 Å². The fraction of sp³-hybridized carbons (Fsp3) is 0.923. The van der Waals surface area contributed by atoms with Gasteiger partial charge in [-0.25, -0.2) is 0 Å². The predicted octanol–water partition coefficient (Wildman–Crippen LogP) is -1.82. The predicted molar refractivity (Wildman–Crippen MR) is 62.8 cm³/mol. The number of aliphatic carboxylic acids is 1. The number of carbonyl (C=O) groups excluding carboxylic acids is 1. The quantitative estimate of drug-likeness (QED) is 0.584. The Morgan fingerprint density at radius 2 is 2.06 bits per heavy atom. The van der Waals surface area contributed by atoms with E-state index in [1.165, 1.54) is 0 Å². The smallest absolute Gasteiger partial charge is 0.550 e. The van der Waals surface area contributed by atoms with Crippen molar-refractivity contribution in [2.24, 2.45) is 16.7 Å². The number of hydrogen-bond acceptors (Lipinski definition) is 3. The largest absolute Gasteiger partial charge is 1.00 e. The standard InChI is InChI=1S/C13H25NO2.Li/c1-5-6-13(11(15)16)7-10(8-14-9-13)12(2,3)4;/h10,14H,5-9H2,1-4H3,(H,15,16);/q;+1/p-1/t10-,13-;/m1./s1. The van der Waals surface area contributed by atoms with Gasteiger partial charge >= 0.3 is 18.9 Å². The van der Waals surface area contributed by atoms with Gasteiger partial charge in [0.05, 0.1) is 0 Å². The molecule has 0 saturated carbocycles. The first-order chi connectivity index (χ1) is 7.32. The van der Waals surface area contributed by atoms with Crippen molar-refractivity contribution in [3.63, 3.8) is 0 Å². The summed E-state index contributed by atoms with van der Waals surface area (Å²) < 4.78 is 0. The summed E-state index contributed by atoms with van der Waals surface area (Å²) in [6, 6.07) is 0. The Morgan fingerprint density at radius 3 is 2.47 bits per heavy atom. The normalized spacial score (nSPS) is 29.5. The number of carboxylic acids is 1. The zero-order chi connectivity index (χ0) is 12.4. The Kier molecular flexibility index (Phi) is 6.28. The first-order valence-electron chi connectivity index (χ1n) is 6.24. The van der Waals surface area contributed by atoms with Crippen LogP contribution in [0, 0.1) is 16.7 Å². The molecule has 0 aliphatic carbocycles. The molecule has 1 aliphatic heterocycles. The minimum absolute atomic E-state index is 0. The average molecular weight is 233 g/mol. The van der Waals surface area contributed by atoms with Crippen LogP contribution < -0.4 is 29.3 Å². The van der Waals surface area contributed by atoms with E-state index in [1.54, 1.807) is 0 Å². The van der Waals surface area contributed by atoms with Crippen molar-refractivity contribution in [3.05, 3.63) is 0 Å². The molecule has 0 amide bonds. The first kappa shape index (κ1) is 17.0. The maximum Gasteiger partial charge on any atom is 1.00 e. The van der Waals surface area contributed by atoms with Crippen LogP contribution >= 0.6 is 0 Å². The summed E-state index contributed by atoms with van der Waals surface area (Å²) in [7, 11) is 0. The molecule has 1 heterocycles. The van der Waals surface area contributed by atoms with Crippen molar-refractivity contribution in [2.45, 2.75) is 47.0 Å². The topological polar surface area (TPSA) is 52.2 Å². The van der Waals surface area contributed by atoms with Gasteiger partial charge in [-0.1, -0.05) is 34.1 Å². The monoisotopic (exact) mass is 233 g/mol. The third-order valence-corrected chi connectivity index (χ3v) is 3.88. The summed E-state index contributed by atoms with van der Waals surface area (Å²) in [6.07, 6.45) is 2.36. The molecule has 17 heavy (non-hydrogen) atoms. The van der Waals surface area contributed by atoms with E-state index in [4.69, 9.17) is 0 Å². The van der Waals surface area contributed by atoms with E-state index in [1.807, 2.05) is 6.92 Å². The third-order valence-electron chi connectivity index (χ3n) is 3.88. The van der Waals surface area contributed by atoms with E-state index in [0.29, 0.717) is 12.5 Å². The summed E-state index contributed by atoms with van der Waals surface area (Å²) in [5.74, 6) is -0.471. The second-order valence-corrected chi connectivity index (χ2v) is 6.22. The maximum absolute atomic E-state index is 11.4. The molecule has 1 aliphatic rings. The molecule has 94 valence electrons. The van der Waals surface area contributed by atoms with Crippen LogP contribution in [0.2, 0.25) is 0 Å². The van der Waals surface area contributed by atoms with E-state index < -0.39 is 11.4 Å². The average Bonchev–Trinajstić information content (AvgIpc) is 2.17. The maximum atomic E-state index is 11.4. The minimum atomic E-state index is -0.879. The Labute approximate surface area is 117 Å². The Balaban J connectivity index is 0.00000256. The van der Waals surface area contributed by atoms with Gasteiger partial charge < -0.3 is 15.2 Å². The van der Waals surface area contributed by atoms with E-state index in [-0.39, 0.29) is 24.3 Å². The van der Waals surface area contributed by atoms with Gasteiger partial charge in [-0.2, -0.15) is 0 Å². The molecule has 1 rings (SSSR count). The molecule has 0 bridgehead atoms. The summed E-state index contributed by atoms with van der Waals surface area (Å²) in [4.78, 5) is 11.4. The molecule has 1 N–H and O–H groups in total. The molecule has 0 spiro atoms. The number of nitrogens with one attached hydrogen (secondary N) is 1. The van der Waals surface area contributed by atoms with E-state index in [9.17, 15) is 9.90 Å². The van der Waals surface area contributed by atoms with Crippen molar-refractivity contribution in [3.8, 4) is 0 Å². The van der Waals surface area contributed by atoms with Crippen LogP contribution in [-0.4, -0.2) is 19.1 Å². The van der Waals surface area contributed by atoms with E-state index in [0.717, 1.165) is 25.8 Å². The SMILES string of the molecule is CCC[C@]1(C(=O)[O-])CNC[C@H](C(C)(C)C)C1.[Li+]. The summed E-state index contributed by atoms with van der Waals surface area (Å²) in [6.45, 7) is 10.0. The van der Waals surface area contributed by atoms with Crippen molar-refractivity contribution in [1.82, 2.24) is 5.32 Å². The second-order valence-electron chi connectivity index (χ2n) is 6.22. The third kappa shape index (κ3) is 4.01. The van der Waals surface area contributed by atoms with Crippen LogP contribution in [0.5, 0.6) is 0 Å². The molecule has 1 saturated heterocycles. The molecule has 4 heteroatoms. The van der Waals surface area contributed by atoms with Gasteiger partial charge in [-0.05, 0) is 30.7 Å². The van der Waals surface area contributed by atoms with Crippen LogP contribution in [0.3, 0.4) is 0 Å². The van der Waals surface area contributed by atoms with Crippen molar-refractivity contribution >= 4 is 5.97 Å². The van der Waals surface area contributed by atoms with E-state index in [2.05, 4.69) is 26.1 Å². The molecule has 0 aromatic carbocycles. The number of hydrogen-bond donors (Lipinski definition) is 1. The van der Waals surface area contributed by atoms with Gasteiger partial charge in [0.15, 0.2) is 0 Å². The molecule has 3 nitrogen and oxygen atoms in total. The number of rotatable bonds is 3. The van der Waals surface area contributed by atoms with Gasteiger partial charge in [0, 0.05) is 17.9 Å². The summed E-state index contributed by atoms with van der Waals surface area (Å²) >= 11 is 0. The summed E-state index contributed by atoms with van der Waals surface area (Å²) in [5, 5.41) is 14.7. The summed E-state index contributed by atoms with van der Waals surface area (Å²) in [5.41, 5.74) is -0.493. The van der Waals surface area contributed by atoms with Crippen molar-refractivity contribution in [1.29, 1.82) is 0 Å².